The summed E-state index contributed by atoms with van der Waals surface area (Å²) in [5.74, 6) is 0.682. The third-order valence-corrected chi connectivity index (χ3v) is 5.59. The fraction of sp³-hybridized carbons (Fsp3) is 0.207. The number of amides is 2. The van der Waals surface area contributed by atoms with E-state index in [0.29, 0.717) is 46.5 Å². The molecule has 3 rings (SSSR count). The maximum absolute atomic E-state index is 12.2. The van der Waals surface area contributed by atoms with Gasteiger partial charge in [-0.2, -0.15) is 5.10 Å². The first kappa shape index (κ1) is 28.3. The van der Waals surface area contributed by atoms with Gasteiger partial charge in [-0.05, 0) is 49.2 Å². The fourth-order valence-electron chi connectivity index (χ4n) is 3.53. The SMILES string of the molecule is C=CCc1cc(C=NNC(=O)CC(=O)Nc2cccc(OC)c2)cc(OCC)c1OCc1ccccc1Cl. The van der Waals surface area contributed by atoms with E-state index in [4.69, 9.17) is 25.8 Å². The highest BCUT2D eigenvalue weighted by atomic mass is 35.5. The number of carbonyl (C=O) groups excluding carboxylic acids is 2. The number of ether oxygens (including phenoxy) is 3. The topological polar surface area (TPSA) is 98.3 Å². The van der Waals surface area contributed by atoms with Gasteiger partial charge in [0.2, 0.25) is 11.8 Å². The largest absolute Gasteiger partial charge is 0.497 e. The lowest BCUT2D eigenvalue weighted by molar-refractivity contribution is -0.126. The lowest BCUT2D eigenvalue weighted by Gasteiger charge is -2.17. The molecule has 0 aromatic heterocycles. The molecule has 0 heterocycles. The molecule has 0 unspecified atom stereocenters. The molecule has 9 heteroatoms. The number of methoxy groups -OCH3 is 1. The molecule has 8 nitrogen and oxygen atoms in total. The molecule has 0 aliphatic heterocycles. The lowest BCUT2D eigenvalue weighted by Crippen LogP contribution is -2.24. The van der Waals surface area contributed by atoms with E-state index < -0.39 is 18.2 Å². The van der Waals surface area contributed by atoms with Gasteiger partial charge in [0, 0.05) is 27.9 Å². The van der Waals surface area contributed by atoms with E-state index in [2.05, 4.69) is 22.4 Å². The summed E-state index contributed by atoms with van der Waals surface area (Å²) in [6.07, 6.45) is 3.37. The molecule has 0 spiro atoms. The van der Waals surface area contributed by atoms with Crippen molar-refractivity contribution >= 4 is 35.3 Å². The van der Waals surface area contributed by atoms with Gasteiger partial charge in [-0.25, -0.2) is 5.43 Å². The number of nitrogens with one attached hydrogen (secondary N) is 2. The van der Waals surface area contributed by atoms with Crippen molar-refractivity contribution < 1.29 is 23.8 Å². The van der Waals surface area contributed by atoms with Crippen LogP contribution < -0.4 is 25.0 Å². The fourth-order valence-corrected chi connectivity index (χ4v) is 3.72. The van der Waals surface area contributed by atoms with Crippen LogP contribution in [0.5, 0.6) is 17.2 Å². The maximum Gasteiger partial charge on any atom is 0.249 e. The Morgan fingerprint density at radius 1 is 1.03 bits per heavy atom. The summed E-state index contributed by atoms with van der Waals surface area (Å²) in [6, 6.07) is 18.0. The zero-order valence-electron chi connectivity index (χ0n) is 21.3. The van der Waals surface area contributed by atoms with Crippen molar-refractivity contribution in [2.45, 2.75) is 26.4 Å². The van der Waals surface area contributed by atoms with Gasteiger partial charge in [0.05, 0.1) is 19.9 Å². The Hall–Kier alpha value is -4.30. The van der Waals surface area contributed by atoms with E-state index in [-0.39, 0.29) is 6.61 Å². The molecule has 0 radical (unpaired) electrons. The third kappa shape index (κ3) is 8.38. The van der Waals surface area contributed by atoms with Crippen LogP contribution >= 0.6 is 11.6 Å². The number of allylic oxidation sites excluding steroid dienone is 1. The molecule has 38 heavy (non-hydrogen) atoms. The Morgan fingerprint density at radius 3 is 2.58 bits per heavy atom. The molecular formula is C29H30ClN3O5. The molecule has 0 aliphatic carbocycles. The molecule has 198 valence electrons. The Labute approximate surface area is 227 Å². The predicted octanol–water partition coefficient (Wildman–Crippen LogP) is 5.53. The van der Waals surface area contributed by atoms with Crippen LogP contribution in [0.15, 0.2) is 78.4 Å². The number of hydrogen-bond donors (Lipinski definition) is 2. The van der Waals surface area contributed by atoms with Crippen molar-refractivity contribution in [2.24, 2.45) is 5.10 Å². The van der Waals surface area contributed by atoms with Gasteiger partial charge in [-0.1, -0.05) is 41.9 Å². The van der Waals surface area contributed by atoms with E-state index in [1.54, 1.807) is 36.4 Å². The van der Waals surface area contributed by atoms with Crippen molar-refractivity contribution in [2.75, 3.05) is 19.0 Å². The smallest absolute Gasteiger partial charge is 0.249 e. The van der Waals surface area contributed by atoms with E-state index in [0.717, 1.165) is 11.1 Å². The molecular weight excluding hydrogens is 506 g/mol. The molecule has 3 aromatic carbocycles. The molecule has 0 fully saturated rings. The average Bonchev–Trinajstić information content (AvgIpc) is 2.89. The minimum Gasteiger partial charge on any atom is -0.497 e. The van der Waals surface area contributed by atoms with E-state index in [9.17, 15) is 9.59 Å². The number of rotatable bonds is 13. The van der Waals surface area contributed by atoms with Gasteiger partial charge in [-0.15, -0.1) is 6.58 Å². The molecule has 0 saturated heterocycles. The molecule has 3 aromatic rings. The van der Waals surface area contributed by atoms with Crippen molar-refractivity contribution in [3.05, 3.63) is 95.0 Å². The van der Waals surface area contributed by atoms with Crippen LogP contribution in [0.3, 0.4) is 0 Å². The van der Waals surface area contributed by atoms with E-state index in [1.165, 1.54) is 13.3 Å². The first-order valence-electron chi connectivity index (χ1n) is 12.0. The second-order valence-corrected chi connectivity index (χ2v) is 8.47. The Bertz CT molecular complexity index is 1310. The Kier molecular flexibility index (Phi) is 10.7. The van der Waals surface area contributed by atoms with Crippen LogP contribution in [0.4, 0.5) is 5.69 Å². The van der Waals surface area contributed by atoms with E-state index in [1.807, 2.05) is 37.3 Å². The number of carbonyl (C=O) groups is 2. The summed E-state index contributed by atoms with van der Waals surface area (Å²) in [5, 5.41) is 7.27. The third-order valence-electron chi connectivity index (χ3n) is 5.23. The number of benzene rings is 3. The van der Waals surface area contributed by atoms with E-state index >= 15 is 0 Å². The zero-order chi connectivity index (χ0) is 27.3. The highest BCUT2D eigenvalue weighted by Gasteiger charge is 2.14. The number of halogens is 1. The van der Waals surface area contributed by atoms with Crippen molar-refractivity contribution in [3.8, 4) is 17.2 Å². The molecule has 0 atom stereocenters. The zero-order valence-corrected chi connectivity index (χ0v) is 22.1. The summed E-state index contributed by atoms with van der Waals surface area (Å²) in [7, 11) is 1.53. The van der Waals surface area contributed by atoms with Gasteiger partial charge >= 0.3 is 0 Å². The number of hydrazone groups is 1. The summed E-state index contributed by atoms with van der Waals surface area (Å²) < 4.78 is 17.1. The van der Waals surface area contributed by atoms with Crippen molar-refractivity contribution in [3.63, 3.8) is 0 Å². The number of anilines is 1. The van der Waals surface area contributed by atoms with Crippen LogP contribution in [0.25, 0.3) is 0 Å². The minimum absolute atomic E-state index is 0.269. The highest BCUT2D eigenvalue weighted by Crippen LogP contribution is 2.34. The van der Waals surface area contributed by atoms with Crippen LogP contribution in [0, 0.1) is 0 Å². The summed E-state index contributed by atoms with van der Waals surface area (Å²) >= 11 is 6.28. The highest BCUT2D eigenvalue weighted by molar-refractivity contribution is 6.31. The normalized spacial score (nSPS) is 10.6. The second kappa shape index (κ2) is 14.4. The van der Waals surface area contributed by atoms with Crippen LogP contribution in [-0.2, 0) is 22.6 Å². The van der Waals surface area contributed by atoms with Crippen molar-refractivity contribution in [1.29, 1.82) is 0 Å². The predicted molar refractivity (Wildman–Crippen MR) is 149 cm³/mol. The van der Waals surface area contributed by atoms with Crippen LogP contribution in [-0.4, -0.2) is 31.7 Å². The van der Waals surface area contributed by atoms with Gasteiger partial charge < -0.3 is 19.5 Å². The van der Waals surface area contributed by atoms with Crippen LogP contribution in [0.2, 0.25) is 5.02 Å². The lowest BCUT2D eigenvalue weighted by atomic mass is 10.1. The second-order valence-electron chi connectivity index (χ2n) is 8.06. The standard InChI is InChI=1S/C29H30ClN3O5/c1-4-9-21-14-20(15-26(37-5-2)29(21)38-19-22-10-6-7-13-25(22)30)18-31-33-28(35)17-27(34)32-23-11-8-12-24(16-23)36-3/h4,6-8,10-16,18H,1,5,9,17,19H2,2-3H3,(H,32,34)(H,33,35). The number of hydrogen-bond acceptors (Lipinski definition) is 6. The monoisotopic (exact) mass is 535 g/mol. The molecule has 0 bridgehead atoms. The summed E-state index contributed by atoms with van der Waals surface area (Å²) in [4.78, 5) is 24.4. The Balaban J connectivity index is 1.67. The summed E-state index contributed by atoms with van der Waals surface area (Å²) in [5.41, 5.74) is 5.27. The molecule has 2 N–H and O–H groups in total. The minimum atomic E-state index is -0.558. The average molecular weight is 536 g/mol. The van der Waals surface area contributed by atoms with Gasteiger partial charge in [0.1, 0.15) is 18.8 Å². The molecule has 0 aliphatic rings. The van der Waals surface area contributed by atoms with Crippen molar-refractivity contribution in [1.82, 2.24) is 5.43 Å². The Morgan fingerprint density at radius 2 is 1.84 bits per heavy atom. The first-order chi connectivity index (χ1) is 18.4. The van der Waals surface area contributed by atoms with Crippen LogP contribution in [0.1, 0.15) is 30.0 Å². The van der Waals surface area contributed by atoms with Gasteiger partial charge in [0.25, 0.3) is 0 Å². The first-order valence-corrected chi connectivity index (χ1v) is 12.3. The molecule has 0 saturated carbocycles. The quantitative estimate of drug-likeness (QED) is 0.130. The maximum atomic E-state index is 12.2. The van der Waals surface area contributed by atoms with Gasteiger partial charge in [-0.3, -0.25) is 9.59 Å². The number of nitrogens with zero attached hydrogens (tertiary/aromatic N) is 1. The van der Waals surface area contributed by atoms with Gasteiger partial charge in [0.15, 0.2) is 11.5 Å². The summed E-state index contributed by atoms with van der Waals surface area (Å²) in [6.45, 7) is 6.41. The molecule has 2 amide bonds.